The molecule has 0 saturated heterocycles. The summed E-state index contributed by atoms with van der Waals surface area (Å²) in [4.78, 5) is 35.5. The average molecular weight is 458 g/mol. The van der Waals surface area contributed by atoms with E-state index in [1.807, 2.05) is 48.5 Å². The highest BCUT2D eigenvalue weighted by Gasteiger charge is 2.31. The smallest absolute Gasteiger partial charge is 0.407 e. The Kier molecular flexibility index (Phi) is 5.61. The van der Waals surface area contributed by atoms with Crippen molar-refractivity contribution in [3.8, 4) is 11.1 Å². The summed E-state index contributed by atoms with van der Waals surface area (Å²) < 4.78 is 5.43. The summed E-state index contributed by atoms with van der Waals surface area (Å²) in [6.45, 7) is -0.114. The van der Waals surface area contributed by atoms with Gasteiger partial charge < -0.3 is 25.6 Å². The topological polar surface area (TPSA) is 125 Å². The molecule has 1 aliphatic carbocycles. The van der Waals surface area contributed by atoms with Gasteiger partial charge in [-0.25, -0.2) is 4.79 Å². The molecule has 2 unspecified atom stereocenters. The lowest BCUT2D eigenvalue weighted by molar-refractivity contribution is -0.112. The Morgan fingerprint density at radius 1 is 0.941 bits per heavy atom. The van der Waals surface area contributed by atoms with E-state index < -0.39 is 30.0 Å². The highest BCUT2D eigenvalue weighted by atomic mass is 16.5. The number of nitrogens with one attached hydrogen (secondary N) is 2. The molecule has 1 aliphatic heterocycles. The normalized spacial score (nSPS) is 15.7. The van der Waals surface area contributed by atoms with Gasteiger partial charge in [0.1, 0.15) is 18.8 Å². The van der Waals surface area contributed by atoms with Crippen LogP contribution < -0.4 is 10.6 Å². The van der Waals surface area contributed by atoms with E-state index >= 15 is 0 Å². The van der Waals surface area contributed by atoms with Crippen LogP contribution in [-0.4, -0.2) is 47.3 Å². The number of fused-ring (bicyclic) bond motifs is 4. The zero-order valence-electron chi connectivity index (χ0n) is 18.0. The molecule has 8 nitrogen and oxygen atoms in total. The van der Waals surface area contributed by atoms with Crippen LogP contribution in [0.5, 0.6) is 0 Å². The lowest BCUT2D eigenvalue weighted by Crippen LogP contribution is -2.36. The van der Waals surface area contributed by atoms with E-state index in [0.717, 1.165) is 22.3 Å². The summed E-state index contributed by atoms with van der Waals surface area (Å²) in [5, 5.41) is 25.7. The Morgan fingerprint density at radius 2 is 1.59 bits per heavy atom. The highest BCUT2D eigenvalue weighted by Crippen LogP contribution is 2.44. The Balaban J connectivity index is 1.18. The molecule has 3 aromatic carbocycles. The van der Waals surface area contributed by atoms with Crippen LogP contribution in [0.25, 0.3) is 11.1 Å². The van der Waals surface area contributed by atoms with Gasteiger partial charge in [-0.15, -0.1) is 0 Å². The van der Waals surface area contributed by atoms with Gasteiger partial charge in [-0.2, -0.15) is 0 Å². The molecule has 3 aromatic rings. The fourth-order valence-corrected chi connectivity index (χ4v) is 4.52. The van der Waals surface area contributed by atoms with Gasteiger partial charge in [-0.05, 0) is 39.9 Å². The Hall–Kier alpha value is -4.01. The molecular weight excluding hydrogens is 436 g/mol. The Bertz CT molecular complexity index is 1260. The van der Waals surface area contributed by atoms with Crippen LogP contribution in [0.15, 0.2) is 66.7 Å². The van der Waals surface area contributed by atoms with Crippen molar-refractivity contribution >= 4 is 23.5 Å². The van der Waals surface area contributed by atoms with Gasteiger partial charge in [0, 0.05) is 12.5 Å². The number of ketones is 1. The number of aliphatic hydroxyl groups is 2. The van der Waals surface area contributed by atoms with Crippen molar-refractivity contribution in [2.24, 2.45) is 0 Å². The number of amides is 2. The fraction of sp³-hybridized carbons (Fsp3) is 0.192. The number of ether oxygens (including phenoxy) is 1. The van der Waals surface area contributed by atoms with Gasteiger partial charge in [-0.3, -0.25) is 9.59 Å². The van der Waals surface area contributed by atoms with Gasteiger partial charge in [0.25, 0.3) is 11.7 Å². The number of Topliss-reactive ketones (excluding diaryl/α,β-unsaturated/α-hetero) is 1. The number of carbonyl (C=O) groups is 3. The number of carbonyl (C=O) groups excluding carboxylic acids is 3. The lowest BCUT2D eigenvalue weighted by atomic mass is 9.98. The summed E-state index contributed by atoms with van der Waals surface area (Å²) in [7, 11) is 0. The molecular formula is C26H22N2O6. The third-order valence-electron chi connectivity index (χ3n) is 6.25. The van der Waals surface area contributed by atoms with E-state index in [4.69, 9.17) is 4.74 Å². The second-order valence-corrected chi connectivity index (χ2v) is 8.31. The number of rotatable bonds is 6. The predicted molar refractivity (Wildman–Crippen MR) is 123 cm³/mol. The van der Waals surface area contributed by atoms with Crippen molar-refractivity contribution in [1.29, 1.82) is 0 Å². The average Bonchev–Trinajstić information content (AvgIpc) is 3.33. The minimum atomic E-state index is -1.34. The molecule has 0 radical (unpaired) electrons. The van der Waals surface area contributed by atoms with Gasteiger partial charge in [0.2, 0.25) is 0 Å². The van der Waals surface area contributed by atoms with Crippen LogP contribution in [0.1, 0.15) is 39.1 Å². The molecule has 0 aromatic heterocycles. The Morgan fingerprint density at radius 3 is 2.26 bits per heavy atom. The standard InChI is InChI=1S/C26H22N2O6/c29-22(23(30)14-9-10-19-21(11-14)28-25(32)24(19)31)12-27-26(33)34-13-20-17-7-3-1-5-15(17)16-6-2-4-8-18(16)20/h1-11,20,22-23,29-30H,12-13H2,(H,27,33)(H,28,31,32). The number of hydrogen-bond donors (Lipinski definition) is 4. The third kappa shape index (κ3) is 3.83. The van der Waals surface area contributed by atoms with Gasteiger partial charge in [-0.1, -0.05) is 54.6 Å². The van der Waals surface area contributed by atoms with Crippen molar-refractivity contribution in [2.75, 3.05) is 18.5 Å². The highest BCUT2D eigenvalue weighted by molar-refractivity contribution is 6.51. The summed E-state index contributed by atoms with van der Waals surface area (Å²) in [6.07, 6.45) is -3.38. The first-order valence-electron chi connectivity index (χ1n) is 10.9. The number of alkyl carbamates (subject to hydrolysis) is 1. The van der Waals surface area contributed by atoms with E-state index in [2.05, 4.69) is 10.6 Å². The minimum Gasteiger partial charge on any atom is -0.449 e. The van der Waals surface area contributed by atoms with Crippen LogP contribution >= 0.6 is 0 Å². The Labute approximate surface area is 195 Å². The molecule has 4 N–H and O–H groups in total. The van der Waals surface area contributed by atoms with Gasteiger partial charge in [0.15, 0.2) is 0 Å². The van der Waals surface area contributed by atoms with Gasteiger partial charge >= 0.3 is 6.09 Å². The van der Waals surface area contributed by atoms with Crippen molar-refractivity contribution in [1.82, 2.24) is 5.32 Å². The third-order valence-corrected chi connectivity index (χ3v) is 6.25. The van der Waals surface area contributed by atoms with Crippen LogP contribution in [0.3, 0.4) is 0 Å². The lowest BCUT2D eigenvalue weighted by Gasteiger charge is -2.20. The molecule has 34 heavy (non-hydrogen) atoms. The molecule has 1 heterocycles. The van der Waals surface area contributed by atoms with E-state index in [-0.39, 0.29) is 30.3 Å². The van der Waals surface area contributed by atoms with E-state index in [9.17, 15) is 24.6 Å². The first kappa shape index (κ1) is 21.8. The number of aliphatic hydroxyl groups excluding tert-OH is 2. The second-order valence-electron chi connectivity index (χ2n) is 8.31. The monoisotopic (exact) mass is 458 g/mol. The minimum absolute atomic E-state index is 0.0852. The summed E-state index contributed by atoms with van der Waals surface area (Å²) in [5.74, 6) is -1.47. The maximum atomic E-state index is 12.3. The zero-order chi connectivity index (χ0) is 23.8. The SMILES string of the molecule is O=C(NCC(O)C(O)c1ccc2c(c1)NC(=O)C2=O)OCC1c2ccccc2-c2ccccc21. The molecule has 0 saturated carbocycles. The fourth-order valence-electron chi connectivity index (χ4n) is 4.52. The number of benzene rings is 3. The predicted octanol–water partition coefficient (Wildman–Crippen LogP) is 2.75. The first-order chi connectivity index (χ1) is 16.4. The van der Waals surface area contributed by atoms with Crippen molar-refractivity contribution in [2.45, 2.75) is 18.1 Å². The molecule has 2 amide bonds. The van der Waals surface area contributed by atoms with Crippen LogP contribution in [-0.2, 0) is 9.53 Å². The molecule has 5 rings (SSSR count). The van der Waals surface area contributed by atoms with E-state index in [0.29, 0.717) is 5.56 Å². The zero-order valence-corrected chi connectivity index (χ0v) is 18.0. The molecule has 0 spiro atoms. The van der Waals surface area contributed by atoms with Gasteiger partial charge in [0.05, 0.1) is 11.3 Å². The molecule has 2 atom stereocenters. The van der Waals surface area contributed by atoms with E-state index in [1.165, 1.54) is 18.2 Å². The van der Waals surface area contributed by atoms with Crippen molar-refractivity contribution < 1.29 is 29.3 Å². The molecule has 8 heteroatoms. The maximum Gasteiger partial charge on any atom is 0.407 e. The second kappa shape index (κ2) is 8.74. The number of hydrogen-bond acceptors (Lipinski definition) is 6. The molecule has 2 aliphatic rings. The quantitative estimate of drug-likeness (QED) is 0.421. The van der Waals surface area contributed by atoms with Crippen molar-refractivity contribution in [3.63, 3.8) is 0 Å². The molecule has 172 valence electrons. The van der Waals surface area contributed by atoms with E-state index in [1.54, 1.807) is 0 Å². The number of anilines is 1. The summed E-state index contributed by atoms with van der Waals surface area (Å²) in [5.41, 5.74) is 5.23. The molecule has 0 fully saturated rings. The summed E-state index contributed by atoms with van der Waals surface area (Å²) in [6, 6.07) is 20.3. The van der Waals surface area contributed by atoms with Crippen LogP contribution in [0.4, 0.5) is 10.5 Å². The van der Waals surface area contributed by atoms with Crippen LogP contribution in [0, 0.1) is 0 Å². The first-order valence-corrected chi connectivity index (χ1v) is 10.9. The van der Waals surface area contributed by atoms with Crippen molar-refractivity contribution in [3.05, 3.63) is 89.0 Å². The molecule has 0 bridgehead atoms. The largest absolute Gasteiger partial charge is 0.449 e. The maximum absolute atomic E-state index is 12.3. The summed E-state index contributed by atoms with van der Waals surface area (Å²) >= 11 is 0. The van der Waals surface area contributed by atoms with Crippen LogP contribution in [0.2, 0.25) is 0 Å².